The second-order valence-corrected chi connectivity index (χ2v) is 4.92. The molecule has 0 saturated carbocycles. The summed E-state index contributed by atoms with van der Waals surface area (Å²) < 4.78 is 0. The molecule has 98 valence electrons. The van der Waals surface area contributed by atoms with Crippen LogP contribution in [-0.4, -0.2) is 47.1 Å². The molecule has 0 aliphatic carbocycles. The van der Waals surface area contributed by atoms with Crippen LogP contribution < -0.4 is 5.32 Å². The Balaban J connectivity index is 1.99. The number of aromatic carboxylic acids is 1. The maximum atomic E-state index is 10.7. The third-order valence-electron chi connectivity index (χ3n) is 3.26. The monoisotopic (exact) mass is 269 g/mol. The van der Waals surface area contributed by atoms with Crippen LogP contribution >= 0.6 is 11.6 Å². The number of pyridine rings is 1. The zero-order chi connectivity index (χ0) is 13.1. The van der Waals surface area contributed by atoms with Gasteiger partial charge in [0, 0.05) is 18.8 Å². The van der Waals surface area contributed by atoms with Gasteiger partial charge in [-0.2, -0.15) is 0 Å². The number of rotatable bonds is 4. The van der Waals surface area contributed by atoms with Crippen molar-refractivity contribution >= 4 is 23.4 Å². The second kappa shape index (κ2) is 5.54. The fourth-order valence-corrected chi connectivity index (χ4v) is 2.37. The Labute approximate surface area is 111 Å². The predicted octanol–water partition coefficient (Wildman–Crippen LogP) is 1.94. The Morgan fingerprint density at radius 2 is 2.50 bits per heavy atom. The van der Waals surface area contributed by atoms with Gasteiger partial charge in [-0.25, -0.2) is 9.78 Å². The molecule has 1 aliphatic rings. The van der Waals surface area contributed by atoms with Crippen molar-refractivity contribution in [2.75, 3.05) is 25.5 Å². The lowest BCUT2D eigenvalue weighted by atomic mass is 10.2. The Morgan fingerprint density at radius 3 is 3.06 bits per heavy atom. The molecule has 1 unspecified atom stereocenters. The van der Waals surface area contributed by atoms with Crippen LogP contribution in [0.2, 0.25) is 5.02 Å². The topological polar surface area (TPSA) is 65.5 Å². The first-order valence-electron chi connectivity index (χ1n) is 5.91. The van der Waals surface area contributed by atoms with E-state index in [4.69, 9.17) is 16.7 Å². The fourth-order valence-electron chi connectivity index (χ4n) is 2.14. The maximum absolute atomic E-state index is 10.7. The Hall–Kier alpha value is -1.33. The number of hydrogen-bond donors (Lipinski definition) is 2. The number of anilines is 1. The molecule has 1 saturated heterocycles. The van der Waals surface area contributed by atoms with Crippen LogP contribution in [-0.2, 0) is 0 Å². The molecule has 1 aliphatic heterocycles. The van der Waals surface area contributed by atoms with Crippen molar-refractivity contribution in [3.05, 3.63) is 22.8 Å². The molecule has 0 radical (unpaired) electrons. The standard InChI is InChI=1S/C12H16ClN3O2/c1-16-4-2-3-9(16)7-15-11-10(13)5-8(6-14-11)12(17)18/h5-6,9H,2-4,7H2,1H3,(H,14,15)(H,17,18). The van der Waals surface area contributed by atoms with Crippen molar-refractivity contribution in [1.29, 1.82) is 0 Å². The van der Waals surface area contributed by atoms with E-state index in [1.807, 2.05) is 0 Å². The summed E-state index contributed by atoms with van der Waals surface area (Å²) in [7, 11) is 2.10. The summed E-state index contributed by atoms with van der Waals surface area (Å²) in [5, 5.41) is 12.3. The van der Waals surface area contributed by atoms with Crippen molar-refractivity contribution in [2.24, 2.45) is 0 Å². The molecule has 0 spiro atoms. The summed E-state index contributed by atoms with van der Waals surface area (Å²) in [5.41, 5.74) is 0.100. The summed E-state index contributed by atoms with van der Waals surface area (Å²) in [6.07, 6.45) is 3.69. The average Bonchev–Trinajstić information content (AvgIpc) is 2.73. The van der Waals surface area contributed by atoms with Crippen molar-refractivity contribution < 1.29 is 9.90 Å². The van der Waals surface area contributed by atoms with Gasteiger partial charge in [-0.05, 0) is 32.5 Å². The molecule has 6 heteroatoms. The van der Waals surface area contributed by atoms with E-state index in [9.17, 15) is 4.79 Å². The van der Waals surface area contributed by atoms with Crippen LogP contribution in [0.15, 0.2) is 12.3 Å². The summed E-state index contributed by atoms with van der Waals surface area (Å²) in [5.74, 6) is -0.478. The first-order valence-corrected chi connectivity index (χ1v) is 6.28. The smallest absolute Gasteiger partial charge is 0.337 e. The van der Waals surface area contributed by atoms with Crippen LogP contribution in [0.4, 0.5) is 5.82 Å². The minimum atomic E-state index is -1.02. The Morgan fingerprint density at radius 1 is 1.72 bits per heavy atom. The van der Waals surface area contributed by atoms with Gasteiger partial charge < -0.3 is 15.3 Å². The molecule has 2 rings (SSSR count). The number of halogens is 1. The highest BCUT2D eigenvalue weighted by molar-refractivity contribution is 6.33. The summed E-state index contributed by atoms with van der Waals surface area (Å²) in [4.78, 5) is 17.1. The molecule has 0 amide bonds. The quantitative estimate of drug-likeness (QED) is 0.874. The van der Waals surface area contributed by atoms with Crippen molar-refractivity contribution in [3.63, 3.8) is 0 Å². The second-order valence-electron chi connectivity index (χ2n) is 4.52. The van der Waals surface area contributed by atoms with E-state index in [0.717, 1.165) is 19.5 Å². The van der Waals surface area contributed by atoms with Crippen LogP contribution in [0.3, 0.4) is 0 Å². The highest BCUT2D eigenvalue weighted by Crippen LogP contribution is 2.21. The summed E-state index contributed by atoms with van der Waals surface area (Å²) in [6, 6.07) is 1.90. The van der Waals surface area contributed by atoms with Crippen LogP contribution in [0.25, 0.3) is 0 Å². The number of carboxylic acids is 1. The number of nitrogens with zero attached hydrogens (tertiary/aromatic N) is 2. The fraction of sp³-hybridized carbons (Fsp3) is 0.500. The normalized spacial score (nSPS) is 20.0. The van der Waals surface area contributed by atoms with Crippen LogP contribution in [0.5, 0.6) is 0 Å². The van der Waals surface area contributed by atoms with Gasteiger partial charge in [0.15, 0.2) is 0 Å². The number of likely N-dealkylation sites (tertiary alicyclic amines) is 1. The Bertz CT molecular complexity index is 453. The predicted molar refractivity (Wildman–Crippen MR) is 70.3 cm³/mol. The average molecular weight is 270 g/mol. The number of likely N-dealkylation sites (N-methyl/N-ethyl adjacent to an activating group) is 1. The lowest BCUT2D eigenvalue weighted by Crippen LogP contribution is -2.31. The van der Waals surface area contributed by atoms with Gasteiger partial charge in [0.25, 0.3) is 0 Å². The van der Waals surface area contributed by atoms with Gasteiger partial charge in [0.05, 0.1) is 10.6 Å². The molecule has 5 nitrogen and oxygen atoms in total. The van der Waals surface area contributed by atoms with E-state index in [0.29, 0.717) is 16.9 Å². The highest BCUT2D eigenvalue weighted by Gasteiger charge is 2.20. The third-order valence-corrected chi connectivity index (χ3v) is 3.55. The summed E-state index contributed by atoms with van der Waals surface area (Å²) >= 11 is 5.99. The molecule has 2 heterocycles. The van der Waals surface area contributed by atoms with Crippen LogP contribution in [0, 0.1) is 0 Å². The third kappa shape index (κ3) is 2.91. The number of hydrogen-bond acceptors (Lipinski definition) is 4. The van der Waals surface area contributed by atoms with Gasteiger partial charge in [-0.3, -0.25) is 0 Å². The minimum Gasteiger partial charge on any atom is -0.478 e. The number of nitrogens with one attached hydrogen (secondary N) is 1. The van der Waals surface area contributed by atoms with E-state index in [2.05, 4.69) is 22.2 Å². The van der Waals surface area contributed by atoms with Crippen molar-refractivity contribution in [2.45, 2.75) is 18.9 Å². The molecule has 0 aromatic carbocycles. The largest absolute Gasteiger partial charge is 0.478 e. The molecular formula is C12H16ClN3O2. The molecule has 0 bridgehead atoms. The number of carboxylic acid groups (broad SMARTS) is 1. The first kappa shape index (κ1) is 13.1. The van der Waals surface area contributed by atoms with E-state index in [-0.39, 0.29) is 5.56 Å². The van der Waals surface area contributed by atoms with Gasteiger partial charge in [0.1, 0.15) is 5.82 Å². The van der Waals surface area contributed by atoms with E-state index in [1.54, 1.807) is 0 Å². The number of carbonyl (C=O) groups is 1. The van der Waals surface area contributed by atoms with Crippen molar-refractivity contribution in [1.82, 2.24) is 9.88 Å². The molecule has 1 aromatic heterocycles. The zero-order valence-corrected chi connectivity index (χ0v) is 10.9. The molecule has 1 aromatic rings. The van der Waals surface area contributed by atoms with Gasteiger partial charge in [-0.15, -0.1) is 0 Å². The lowest BCUT2D eigenvalue weighted by molar-refractivity contribution is 0.0696. The SMILES string of the molecule is CN1CCCC1CNc1ncc(C(=O)O)cc1Cl. The minimum absolute atomic E-state index is 0.100. The molecule has 2 N–H and O–H groups in total. The van der Waals surface area contributed by atoms with E-state index in [1.165, 1.54) is 18.7 Å². The zero-order valence-electron chi connectivity index (χ0n) is 10.2. The molecule has 18 heavy (non-hydrogen) atoms. The van der Waals surface area contributed by atoms with Gasteiger partial charge >= 0.3 is 5.97 Å². The van der Waals surface area contributed by atoms with Crippen LogP contribution in [0.1, 0.15) is 23.2 Å². The van der Waals surface area contributed by atoms with Crippen molar-refractivity contribution in [3.8, 4) is 0 Å². The van der Waals surface area contributed by atoms with E-state index < -0.39 is 5.97 Å². The lowest BCUT2D eigenvalue weighted by Gasteiger charge is -2.20. The first-order chi connectivity index (χ1) is 8.58. The Kier molecular flexibility index (Phi) is 4.04. The van der Waals surface area contributed by atoms with Gasteiger partial charge in [-0.1, -0.05) is 11.6 Å². The highest BCUT2D eigenvalue weighted by atomic mass is 35.5. The maximum Gasteiger partial charge on any atom is 0.337 e. The van der Waals surface area contributed by atoms with E-state index >= 15 is 0 Å². The summed E-state index contributed by atoms with van der Waals surface area (Å²) in [6.45, 7) is 1.89. The molecule has 1 fully saturated rings. The number of aromatic nitrogens is 1. The molecule has 1 atom stereocenters. The van der Waals surface area contributed by atoms with Gasteiger partial charge in [0.2, 0.25) is 0 Å². The molecular weight excluding hydrogens is 254 g/mol.